The molecule has 0 fully saturated rings. The Labute approximate surface area is 169 Å². The molecule has 0 unspecified atom stereocenters. The number of fused-ring (bicyclic) bond motifs is 1. The molecule has 150 valence electrons. The fourth-order valence-corrected chi connectivity index (χ4v) is 3.12. The number of ether oxygens (including phenoxy) is 2. The third kappa shape index (κ3) is 4.29. The Hall–Kier alpha value is -3.60. The molecule has 0 aliphatic rings. The lowest BCUT2D eigenvalue weighted by molar-refractivity contribution is -0.384. The van der Waals surface area contributed by atoms with Gasteiger partial charge in [0.2, 0.25) is 0 Å². The minimum absolute atomic E-state index is 0.107. The lowest BCUT2D eigenvalue weighted by Gasteiger charge is -2.10. The summed E-state index contributed by atoms with van der Waals surface area (Å²) in [5.74, 6) is -1.25. The Balaban J connectivity index is 1.69. The Morgan fingerprint density at radius 3 is 2.79 bits per heavy atom. The Kier molecular flexibility index (Phi) is 5.98. The normalized spacial score (nSPS) is 10.6. The predicted octanol–water partition coefficient (Wildman–Crippen LogP) is 2.77. The number of hydrogen-bond acceptors (Lipinski definition) is 8. The molecule has 3 rings (SSSR count). The van der Waals surface area contributed by atoms with Crippen LogP contribution in [0.25, 0.3) is 5.52 Å². The molecule has 11 heteroatoms. The van der Waals surface area contributed by atoms with Gasteiger partial charge in [0.05, 0.1) is 29.3 Å². The number of esters is 1. The molecule has 0 atom stereocenters. The molecule has 1 amide bonds. The molecular formula is C18H16N4O6S. The van der Waals surface area contributed by atoms with Gasteiger partial charge in [-0.25, -0.2) is 9.78 Å². The van der Waals surface area contributed by atoms with Crippen LogP contribution in [0.15, 0.2) is 47.8 Å². The maximum Gasteiger partial charge on any atom is 0.359 e. The standard InChI is InChI=1S/C18H16N4O6S/c1-27-14-9-11(22(25)26)6-7-12(14)19-15(23)10-28-17(24)16-13-5-3-4-8-21(13)18(20-16)29-2/h3-9H,10H2,1-2H3,(H,19,23). The molecule has 0 saturated heterocycles. The van der Waals surface area contributed by atoms with Gasteiger partial charge in [0.15, 0.2) is 17.5 Å². The first kappa shape index (κ1) is 20.1. The number of carbonyl (C=O) groups excluding carboxylic acids is 2. The molecule has 2 heterocycles. The molecule has 10 nitrogen and oxygen atoms in total. The van der Waals surface area contributed by atoms with Gasteiger partial charge in [-0.05, 0) is 24.5 Å². The molecular weight excluding hydrogens is 400 g/mol. The average molecular weight is 416 g/mol. The van der Waals surface area contributed by atoms with Crippen LogP contribution >= 0.6 is 11.8 Å². The number of benzene rings is 1. The van der Waals surface area contributed by atoms with E-state index in [1.807, 2.05) is 12.3 Å². The Morgan fingerprint density at radius 1 is 1.31 bits per heavy atom. The first-order valence-electron chi connectivity index (χ1n) is 8.25. The molecule has 0 radical (unpaired) electrons. The van der Waals surface area contributed by atoms with E-state index in [4.69, 9.17) is 9.47 Å². The van der Waals surface area contributed by atoms with E-state index in [9.17, 15) is 19.7 Å². The number of nitrogens with zero attached hydrogens (tertiary/aromatic N) is 3. The van der Waals surface area contributed by atoms with E-state index in [2.05, 4.69) is 10.3 Å². The van der Waals surface area contributed by atoms with Gasteiger partial charge in [-0.3, -0.25) is 19.3 Å². The van der Waals surface area contributed by atoms with Crippen LogP contribution in [0.3, 0.4) is 0 Å². The largest absolute Gasteiger partial charge is 0.494 e. The SMILES string of the molecule is COc1cc([N+](=O)[O-])ccc1NC(=O)COC(=O)c1nc(SC)n2ccccc12. The van der Waals surface area contributed by atoms with Crippen molar-refractivity contribution >= 4 is 40.5 Å². The van der Waals surface area contributed by atoms with Gasteiger partial charge in [0.1, 0.15) is 5.75 Å². The molecule has 3 aromatic rings. The minimum Gasteiger partial charge on any atom is -0.494 e. The first-order valence-corrected chi connectivity index (χ1v) is 9.47. The number of nitro groups is 1. The highest BCUT2D eigenvalue weighted by Gasteiger charge is 2.20. The summed E-state index contributed by atoms with van der Waals surface area (Å²) in [7, 11) is 1.32. The number of non-ortho nitro benzene ring substituents is 1. The predicted molar refractivity (Wildman–Crippen MR) is 106 cm³/mol. The third-order valence-corrected chi connectivity index (χ3v) is 4.55. The summed E-state index contributed by atoms with van der Waals surface area (Å²) in [6.45, 7) is -0.556. The number of methoxy groups -OCH3 is 1. The lowest BCUT2D eigenvalue weighted by Crippen LogP contribution is -2.21. The van der Waals surface area contributed by atoms with E-state index in [-0.39, 0.29) is 22.8 Å². The Morgan fingerprint density at radius 2 is 2.10 bits per heavy atom. The lowest BCUT2D eigenvalue weighted by atomic mass is 10.2. The molecule has 2 aromatic heterocycles. The molecule has 0 aliphatic heterocycles. The number of rotatable bonds is 7. The van der Waals surface area contributed by atoms with E-state index < -0.39 is 23.4 Å². The number of anilines is 1. The first-order chi connectivity index (χ1) is 13.9. The van der Waals surface area contributed by atoms with Crippen molar-refractivity contribution in [1.82, 2.24) is 9.38 Å². The zero-order valence-electron chi connectivity index (χ0n) is 15.4. The molecule has 0 bridgehead atoms. The summed E-state index contributed by atoms with van der Waals surface area (Å²) >= 11 is 1.37. The number of amides is 1. The van der Waals surface area contributed by atoms with Gasteiger partial charge >= 0.3 is 5.97 Å². The molecule has 0 spiro atoms. The van der Waals surface area contributed by atoms with E-state index in [1.54, 1.807) is 22.7 Å². The van der Waals surface area contributed by atoms with Gasteiger partial charge in [-0.2, -0.15) is 0 Å². The number of thioether (sulfide) groups is 1. The second kappa shape index (κ2) is 8.61. The van der Waals surface area contributed by atoms with Crippen molar-refractivity contribution in [2.75, 3.05) is 25.3 Å². The van der Waals surface area contributed by atoms with E-state index in [0.717, 1.165) is 0 Å². The van der Waals surface area contributed by atoms with Crippen LogP contribution in [-0.4, -0.2) is 46.2 Å². The molecule has 29 heavy (non-hydrogen) atoms. The van der Waals surface area contributed by atoms with Crippen molar-refractivity contribution in [2.45, 2.75) is 5.16 Å². The summed E-state index contributed by atoms with van der Waals surface area (Å²) in [6, 6.07) is 9.06. The monoisotopic (exact) mass is 416 g/mol. The van der Waals surface area contributed by atoms with Gasteiger partial charge in [-0.15, -0.1) is 0 Å². The smallest absolute Gasteiger partial charge is 0.359 e. The fourth-order valence-electron chi connectivity index (χ4n) is 2.59. The highest BCUT2D eigenvalue weighted by atomic mass is 32.2. The molecule has 1 N–H and O–H groups in total. The van der Waals surface area contributed by atoms with E-state index in [0.29, 0.717) is 10.7 Å². The van der Waals surface area contributed by atoms with Crippen molar-refractivity contribution in [3.8, 4) is 5.75 Å². The summed E-state index contributed by atoms with van der Waals surface area (Å²) in [6.07, 6.45) is 3.61. The second-order valence-electron chi connectivity index (χ2n) is 5.67. The van der Waals surface area contributed by atoms with Crippen molar-refractivity contribution in [3.63, 3.8) is 0 Å². The quantitative estimate of drug-likeness (QED) is 0.270. The van der Waals surface area contributed by atoms with E-state index in [1.165, 1.54) is 37.1 Å². The van der Waals surface area contributed by atoms with Crippen molar-refractivity contribution in [3.05, 3.63) is 58.4 Å². The van der Waals surface area contributed by atoms with Crippen LogP contribution in [0.4, 0.5) is 11.4 Å². The van der Waals surface area contributed by atoms with Crippen molar-refractivity contribution in [2.24, 2.45) is 0 Å². The summed E-state index contributed by atoms with van der Waals surface area (Å²) in [4.78, 5) is 39.1. The van der Waals surface area contributed by atoms with Crippen LogP contribution in [-0.2, 0) is 9.53 Å². The van der Waals surface area contributed by atoms with Crippen LogP contribution in [0, 0.1) is 10.1 Å². The average Bonchev–Trinajstić information content (AvgIpc) is 3.11. The topological polar surface area (TPSA) is 125 Å². The minimum atomic E-state index is -0.736. The zero-order chi connectivity index (χ0) is 21.0. The van der Waals surface area contributed by atoms with Gasteiger partial charge < -0.3 is 14.8 Å². The van der Waals surface area contributed by atoms with Crippen LogP contribution < -0.4 is 10.1 Å². The number of hydrogen-bond donors (Lipinski definition) is 1. The third-order valence-electron chi connectivity index (χ3n) is 3.90. The van der Waals surface area contributed by atoms with Gasteiger partial charge in [0, 0.05) is 12.3 Å². The summed E-state index contributed by atoms with van der Waals surface area (Å²) in [5, 5.41) is 13.9. The maximum atomic E-state index is 12.4. The molecule has 0 aliphatic carbocycles. The van der Waals surface area contributed by atoms with Crippen LogP contribution in [0.1, 0.15) is 10.5 Å². The van der Waals surface area contributed by atoms with Crippen LogP contribution in [0.5, 0.6) is 5.75 Å². The maximum absolute atomic E-state index is 12.4. The Bertz CT molecular complexity index is 1100. The van der Waals surface area contributed by atoms with Crippen molar-refractivity contribution < 1.29 is 24.0 Å². The van der Waals surface area contributed by atoms with E-state index >= 15 is 0 Å². The molecule has 0 saturated carbocycles. The number of carbonyl (C=O) groups is 2. The molecule has 1 aromatic carbocycles. The number of nitro benzene ring substituents is 1. The highest BCUT2D eigenvalue weighted by Crippen LogP contribution is 2.29. The highest BCUT2D eigenvalue weighted by molar-refractivity contribution is 7.98. The summed E-state index contributed by atoms with van der Waals surface area (Å²) in [5.41, 5.74) is 0.716. The number of pyridine rings is 1. The van der Waals surface area contributed by atoms with Gasteiger partial charge in [-0.1, -0.05) is 17.8 Å². The summed E-state index contributed by atoms with van der Waals surface area (Å²) < 4.78 is 11.9. The fraction of sp³-hybridized carbons (Fsp3) is 0.167. The van der Waals surface area contributed by atoms with Crippen LogP contribution in [0.2, 0.25) is 0 Å². The van der Waals surface area contributed by atoms with Crippen molar-refractivity contribution in [1.29, 1.82) is 0 Å². The number of imidazole rings is 1. The zero-order valence-corrected chi connectivity index (χ0v) is 16.3. The van der Waals surface area contributed by atoms with Gasteiger partial charge in [0.25, 0.3) is 11.6 Å². The number of aromatic nitrogens is 2. The number of nitrogens with one attached hydrogen (secondary N) is 1. The second-order valence-corrected chi connectivity index (χ2v) is 6.44.